The van der Waals surface area contributed by atoms with E-state index >= 15 is 0 Å². The zero-order valence-corrected chi connectivity index (χ0v) is 15.7. The number of hydrogen-bond donors (Lipinski definition) is 3. The quantitative estimate of drug-likeness (QED) is 0.706. The second-order valence-electron chi connectivity index (χ2n) is 7.52. The molecule has 3 aliphatic rings. The van der Waals surface area contributed by atoms with Crippen LogP contribution < -0.4 is 20.7 Å². The van der Waals surface area contributed by atoms with Gasteiger partial charge in [-0.3, -0.25) is 9.59 Å². The van der Waals surface area contributed by atoms with Gasteiger partial charge in [0.2, 0.25) is 11.8 Å². The largest absolute Gasteiger partial charge is 0.490 e. The molecule has 3 heterocycles. The number of halogens is 2. The molecule has 4 atom stereocenters. The zero-order valence-electron chi connectivity index (χ0n) is 15.7. The van der Waals surface area contributed by atoms with Crippen LogP contribution in [0.15, 0.2) is 23.3 Å². The van der Waals surface area contributed by atoms with Gasteiger partial charge in [-0.05, 0) is 19.9 Å². The van der Waals surface area contributed by atoms with Crippen LogP contribution in [0.4, 0.5) is 8.78 Å². The van der Waals surface area contributed by atoms with Crippen molar-refractivity contribution >= 4 is 11.8 Å². The van der Waals surface area contributed by atoms with E-state index in [4.69, 9.17) is 4.74 Å². The molecule has 3 unspecified atom stereocenters. The van der Waals surface area contributed by atoms with E-state index in [-0.39, 0.29) is 42.2 Å². The number of nitrogens with zero attached hydrogens (tertiary/aromatic N) is 1. The molecule has 1 saturated heterocycles. The Bertz CT molecular complexity index is 956. The maximum atomic E-state index is 14.1. The van der Waals surface area contributed by atoms with Crippen LogP contribution in [0, 0.1) is 28.9 Å². The van der Waals surface area contributed by atoms with Gasteiger partial charge in [0.25, 0.3) is 0 Å². The van der Waals surface area contributed by atoms with Crippen molar-refractivity contribution < 1.29 is 23.1 Å². The molecule has 0 aromatic heterocycles. The zero-order chi connectivity index (χ0) is 20.7. The SMILES string of the molecule is CC1=C(CC(=O)N[C@@H]2COc3cc(F)cc(F)c32)C(=O)NC2CCNC(C#N)C12. The van der Waals surface area contributed by atoms with Gasteiger partial charge >= 0.3 is 0 Å². The van der Waals surface area contributed by atoms with Crippen molar-refractivity contribution in [1.29, 1.82) is 5.26 Å². The Morgan fingerprint density at radius 2 is 2.21 bits per heavy atom. The smallest absolute Gasteiger partial charge is 0.247 e. The van der Waals surface area contributed by atoms with E-state index in [1.807, 2.05) is 0 Å². The third kappa shape index (κ3) is 3.44. The summed E-state index contributed by atoms with van der Waals surface area (Å²) < 4.78 is 32.7. The fraction of sp³-hybridized carbons (Fsp3) is 0.450. The van der Waals surface area contributed by atoms with E-state index in [1.54, 1.807) is 6.92 Å². The summed E-state index contributed by atoms with van der Waals surface area (Å²) in [6, 6.07) is 2.69. The number of amides is 2. The Balaban J connectivity index is 1.52. The fourth-order valence-electron chi connectivity index (χ4n) is 4.42. The number of fused-ring (bicyclic) bond motifs is 2. The average molecular weight is 402 g/mol. The number of nitriles is 1. The first kappa shape index (κ1) is 19.3. The molecule has 9 heteroatoms. The maximum absolute atomic E-state index is 14.1. The molecule has 3 N–H and O–H groups in total. The molecule has 0 aliphatic carbocycles. The predicted molar refractivity (Wildman–Crippen MR) is 97.5 cm³/mol. The van der Waals surface area contributed by atoms with E-state index in [9.17, 15) is 23.6 Å². The van der Waals surface area contributed by atoms with Gasteiger partial charge in [0.15, 0.2) is 0 Å². The third-order valence-electron chi connectivity index (χ3n) is 5.80. The number of hydrogen-bond acceptors (Lipinski definition) is 5. The van der Waals surface area contributed by atoms with E-state index in [0.29, 0.717) is 24.1 Å². The van der Waals surface area contributed by atoms with Crippen molar-refractivity contribution in [2.75, 3.05) is 13.2 Å². The number of benzene rings is 1. The van der Waals surface area contributed by atoms with Crippen LogP contribution in [-0.2, 0) is 9.59 Å². The number of carbonyl (C=O) groups excluding carboxylic acids is 2. The first-order chi connectivity index (χ1) is 13.9. The Morgan fingerprint density at radius 3 is 2.97 bits per heavy atom. The van der Waals surface area contributed by atoms with Gasteiger partial charge in [0, 0.05) is 29.7 Å². The molecular weight excluding hydrogens is 382 g/mol. The number of rotatable bonds is 3. The van der Waals surface area contributed by atoms with Gasteiger partial charge in [-0.25, -0.2) is 8.78 Å². The van der Waals surface area contributed by atoms with E-state index in [1.165, 1.54) is 0 Å². The highest BCUT2D eigenvalue weighted by molar-refractivity contribution is 6.00. The Kier molecular flexibility index (Phi) is 4.96. The summed E-state index contributed by atoms with van der Waals surface area (Å²) in [6.07, 6.45) is 0.505. The second-order valence-corrected chi connectivity index (χ2v) is 7.52. The minimum absolute atomic E-state index is 0.0171. The minimum atomic E-state index is -0.790. The second kappa shape index (κ2) is 7.44. The minimum Gasteiger partial charge on any atom is -0.490 e. The van der Waals surface area contributed by atoms with Gasteiger partial charge in [0.05, 0.1) is 24.1 Å². The van der Waals surface area contributed by atoms with Crippen molar-refractivity contribution in [3.8, 4) is 11.8 Å². The Labute approximate surface area is 166 Å². The molecule has 1 fully saturated rings. The summed E-state index contributed by atoms with van der Waals surface area (Å²) in [6.45, 7) is 2.39. The third-order valence-corrected chi connectivity index (χ3v) is 5.80. The number of carbonyl (C=O) groups is 2. The Morgan fingerprint density at radius 1 is 1.41 bits per heavy atom. The normalized spacial score (nSPS) is 28.0. The molecule has 0 radical (unpaired) electrons. The lowest BCUT2D eigenvalue weighted by Crippen LogP contribution is -2.58. The highest BCUT2D eigenvalue weighted by Gasteiger charge is 2.41. The lowest BCUT2D eigenvalue weighted by Gasteiger charge is -2.41. The van der Waals surface area contributed by atoms with E-state index < -0.39 is 29.6 Å². The van der Waals surface area contributed by atoms with Crippen molar-refractivity contribution in [2.24, 2.45) is 5.92 Å². The van der Waals surface area contributed by atoms with Crippen molar-refractivity contribution in [3.05, 3.63) is 40.5 Å². The van der Waals surface area contributed by atoms with Crippen LogP contribution in [0.1, 0.15) is 31.4 Å². The van der Waals surface area contributed by atoms with E-state index in [0.717, 1.165) is 12.1 Å². The van der Waals surface area contributed by atoms with Crippen LogP contribution in [0.25, 0.3) is 0 Å². The van der Waals surface area contributed by atoms with Crippen LogP contribution in [0.3, 0.4) is 0 Å². The summed E-state index contributed by atoms with van der Waals surface area (Å²) in [7, 11) is 0. The molecule has 7 nitrogen and oxygen atoms in total. The first-order valence-corrected chi connectivity index (χ1v) is 9.43. The van der Waals surface area contributed by atoms with Crippen molar-refractivity contribution in [3.63, 3.8) is 0 Å². The summed E-state index contributed by atoms with van der Waals surface area (Å²) >= 11 is 0. The van der Waals surface area contributed by atoms with Gasteiger partial charge < -0.3 is 20.7 Å². The molecular formula is C20H20F2N4O3. The first-order valence-electron chi connectivity index (χ1n) is 9.43. The monoisotopic (exact) mass is 402 g/mol. The van der Waals surface area contributed by atoms with E-state index in [2.05, 4.69) is 22.0 Å². The molecule has 2 amide bonds. The summed E-state index contributed by atoms with van der Waals surface area (Å²) in [5, 5.41) is 18.1. The molecule has 1 aromatic carbocycles. The molecule has 0 bridgehead atoms. The molecule has 4 rings (SSSR count). The average Bonchev–Trinajstić information content (AvgIpc) is 3.07. The highest BCUT2D eigenvalue weighted by atomic mass is 19.1. The number of nitrogens with one attached hydrogen (secondary N) is 3. The lowest BCUT2D eigenvalue weighted by molar-refractivity contribution is -0.124. The molecule has 0 spiro atoms. The van der Waals surface area contributed by atoms with Crippen LogP contribution in [-0.4, -0.2) is 37.0 Å². The number of ether oxygens (including phenoxy) is 1. The van der Waals surface area contributed by atoms with Crippen LogP contribution in [0.5, 0.6) is 5.75 Å². The number of piperidine rings is 1. The van der Waals surface area contributed by atoms with Crippen molar-refractivity contribution in [1.82, 2.24) is 16.0 Å². The van der Waals surface area contributed by atoms with Crippen molar-refractivity contribution in [2.45, 2.75) is 37.9 Å². The van der Waals surface area contributed by atoms with Crippen LogP contribution >= 0.6 is 0 Å². The van der Waals surface area contributed by atoms with Gasteiger partial charge in [-0.1, -0.05) is 5.57 Å². The van der Waals surface area contributed by atoms with Gasteiger partial charge in [-0.15, -0.1) is 0 Å². The predicted octanol–water partition coefficient (Wildman–Crippen LogP) is 1.22. The Hall–Kier alpha value is -2.99. The highest BCUT2D eigenvalue weighted by Crippen LogP contribution is 2.36. The summed E-state index contributed by atoms with van der Waals surface area (Å²) in [4.78, 5) is 25.1. The van der Waals surface area contributed by atoms with Gasteiger partial charge in [-0.2, -0.15) is 5.26 Å². The molecule has 1 aromatic rings. The summed E-state index contributed by atoms with van der Waals surface area (Å²) in [5.74, 6) is -2.49. The van der Waals surface area contributed by atoms with Crippen LogP contribution in [0.2, 0.25) is 0 Å². The topological polar surface area (TPSA) is 103 Å². The fourth-order valence-corrected chi connectivity index (χ4v) is 4.42. The molecule has 29 heavy (non-hydrogen) atoms. The standard InChI is InChI=1S/C20H20F2N4O3/c1-9-11(20(28)26-13-2-3-24-14(7-23)18(9)13)6-17(27)25-15-8-29-16-5-10(21)4-12(22)19(15)16/h4-5,13-15,18,24H,2-3,6,8H2,1H3,(H,25,27)(H,26,28)/t13?,14?,15-,18?/m1/s1. The van der Waals surface area contributed by atoms with Gasteiger partial charge in [0.1, 0.15) is 30.0 Å². The maximum Gasteiger partial charge on any atom is 0.247 e. The lowest BCUT2D eigenvalue weighted by atomic mass is 9.76. The summed E-state index contributed by atoms with van der Waals surface area (Å²) in [5.41, 5.74) is 1.12. The molecule has 3 aliphatic heterocycles. The molecule has 0 saturated carbocycles. The molecule has 152 valence electrons.